The molecule has 1 aromatic heterocycles. The molecule has 3 rings (SSSR count). The van der Waals surface area contributed by atoms with Crippen molar-refractivity contribution in [2.75, 3.05) is 0 Å². The van der Waals surface area contributed by atoms with Gasteiger partial charge in [-0.3, -0.25) is 4.79 Å². The second kappa shape index (κ2) is 6.24. The molecular weight excluding hydrogens is 286 g/mol. The third kappa shape index (κ3) is 2.97. The third-order valence-electron chi connectivity index (χ3n) is 4.22. The number of amides is 1. The van der Waals surface area contributed by atoms with Crippen LogP contribution in [0.3, 0.4) is 0 Å². The molecule has 1 amide bonds. The van der Waals surface area contributed by atoms with Gasteiger partial charge in [0.15, 0.2) is 0 Å². The Labute approximate surface area is 136 Å². The number of carbonyl (C=O) groups excluding carboxylic acids is 1. The lowest BCUT2D eigenvalue weighted by Gasteiger charge is -2.15. The molecule has 0 unspecified atom stereocenters. The van der Waals surface area contributed by atoms with Gasteiger partial charge in [-0.25, -0.2) is 4.98 Å². The highest BCUT2D eigenvalue weighted by molar-refractivity contribution is 5.76. The van der Waals surface area contributed by atoms with Gasteiger partial charge in [0.25, 0.3) is 0 Å². The average molecular weight is 307 g/mol. The van der Waals surface area contributed by atoms with Crippen molar-refractivity contribution in [2.24, 2.45) is 0 Å². The molecule has 0 fully saturated rings. The van der Waals surface area contributed by atoms with E-state index in [2.05, 4.69) is 48.0 Å². The number of hydrogen-bond acceptors (Lipinski definition) is 2. The molecule has 0 bridgehead atoms. The summed E-state index contributed by atoms with van der Waals surface area (Å²) in [5, 5.41) is 2.81. The molecule has 0 radical (unpaired) electrons. The fourth-order valence-corrected chi connectivity index (χ4v) is 2.91. The number of aryl methyl sites for hydroxylation is 2. The van der Waals surface area contributed by atoms with Gasteiger partial charge in [-0.2, -0.15) is 0 Å². The molecule has 0 aliphatic rings. The fraction of sp³-hybridized carbons (Fsp3) is 0.263. The molecule has 3 aromatic rings. The second-order valence-electron chi connectivity index (χ2n) is 5.98. The minimum absolute atomic E-state index is 0.134. The molecule has 2 aromatic carbocycles. The topological polar surface area (TPSA) is 46.9 Å². The molecule has 1 N–H and O–H groups in total. The summed E-state index contributed by atoms with van der Waals surface area (Å²) >= 11 is 0. The molecule has 0 aliphatic heterocycles. The molecule has 0 saturated carbocycles. The fourth-order valence-electron chi connectivity index (χ4n) is 2.91. The zero-order valence-electron chi connectivity index (χ0n) is 13.7. The van der Waals surface area contributed by atoms with Gasteiger partial charge >= 0.3 is 0 Å². The lowest BCUT2D eigenvalue weighted by Crippen LogP contribution is -2.21. The van der Waals surface area contributed by atoms with E-state index in [1.807, 2.05) is 25.1 Å². The number of aromatic nitrogens is 2. The Morgan fingerprint density at radius 3 is 2.78 bits per heavy atom. The van der Waals surface area contributed by atoms with Crippen molar-refractivity contribution < 1.29 is 4.79 Å². The summed E-state index contributed by atoms with van der Waals surface area (Å²) in [7, 11) is 0. The van der Waals surface area contributed by atoms with Crippen molar-refractivity contribution in [1.82, 2.24) is 14.9 Å². The Morgan fingerprint density at radius 1 is 1.22 bits per heavy atom. The number of rotatable bonds is 5. The Balaban J connectivity index is 2.12. The van der Waals surface area contributed by atoms with Crippen LogP contribution in [-0.2, 0) is 11.3 Å². The quantitative estimate of drug-likeness (QED) is 0.733. The summed E-state index contributed by atoms with van der Waals surface area (Å²) in [6.45, 7) is 6.93. The van der Waals surface area contributed by atoms with Crippen molar-refractivity contribution in [3.63, 3.8) is 0 Å². The van der Waals surface area contributed by atoms with E-state index in [0.717, 1.165) is 29.8 Å². The number of nitrogens with zero attached hydrogens (tertiary/aromatic N) is 2. The van der Waals surface area contributed by atoms with Gasteiger partial charge in [-0.1, -0.05) is 35.9 Å². The first kappa shape index (κ1) is 15.3. The SMILES string of the molecule is Cc1ccc(C)c(Cn2c([C@H](C)NC=O)nc3ccccc32)c1. The molecule has 1 atom stereocenters. The molecule has 118 valence electrons. The van der Waals surface area contributed by atoms with Gasteiger partial charge in [0, 0.05) is 6.54 Å². The van der Waals surface area contributed by atoms with Crippen LogP contribution in [0, 0.1) is 13.8 Å². The summed E-state index contributed by atoms with van der Waals surface area (Å²) in [5.41, 5.74) is 5.81. The largest absolute Gasteiger partial charge is 0.349 e. The van der Waals surface area contributed by atoms with Crippen LogP contribution < -0.4 is 5.32 Å². The van der Waals surface area contributed by atoms with Gasteiger partial charge < -0.3 is 9.88 Å². The van der Waals surface area contributed by atoms with Crippen molar-refractivity contribution >= 4 is 17.4 Å². The first-order valence-electron chi connectivity index (χ1n) is 7.81. The molecule has 1 heterocycles. The van der Waals surface area contributed by atoms with Crippen molar-refractivity contribution in [3.05, 3.63) is 65.0 Å². The molecule has 4 heteroatoms. The van der Waals surface area contributed by atoms with Crippen LogP contribution in [0.15, 0.2) is 42.5 Å². The monoisotopic (exact) mass is 307 g/mol. The first-order chi connectivity index (χ1) is 11.1. The van der Waals surface area contributed by atoms with Crippen LogP contribution in [-0.4, -0.2) is 16.0 Å². The van der Waals surface area contributed by atoms with Crippen LogP contribution in [0.1, 0.15) is 35.5 Å². The number of fused-ring (bicyclic) bond motifs is 1. The van der Waals surface area contributed by atoms with E-state index in [0.29, 0.717) is 0 Å². The number of benzene rings is 2. The molecule has 0 spiro atoms. The third-order valence-corrected chi connectivity index (χ3v) is 4.22. The van der Waals surface area contributed by atoms with E-state index in [1.165, 1.54) is 16.7 Å². The summed E-state index contributed by atoms with van der Waals surface area (Å²) in [6, 6.07) is 14.4. The van der Waals surface area contributed by atoms with Gasteiger partial charge in [-0.15, -0.1) is 0 Å². The summed E-state index contributed by atoms with van der Waals surface area (Å²) in [5.74, 6) is 0.874. The van der Waals surface area contributed by atoms with E-state index in [4.69, 9.17) is 4.98 Å². The normalized spacial score (nSPS) is 12.3. The zero-order chi connectivity index (χ0) is 16.4. The Hall–Kier alpha value is -2.62. The zero-order valence-corrected chi connectivity index (χ0v) is 13.7. The predicted molar refractivity (Wildman–Crippen MR) is 92.4 cm³/mol. The average Bonchev–Trinajstić information content (AvgIpc) is 2.90. The molecule has 23 heavy (non-hydrogen) atoms. The van der Waals surface area contributed by atoms with Crippen molar-refractivity contribution in [2.45, 2.75) is 33.4 Å². The second-order valence-corrected chi connectivity index (χ2v) is 5.98. The summed E-state index contributed by atoms with van der Waals surface area (Å²) in [4.78, 5) is 15.5. The number of carbonyl (C=O) groups is 1. The van der Waals surface area contributed by atoms with Gasteiger partial charge in [0.2, 0.25) is 6.41 Å². The van der Waals surface area contributed by atoms with Gasteiger partial charge in [0.1, 0.15) is 5.82 Å². The number of para-hydroxylation sites is 2. The standard InChI is InChI=1S/C19H21N3O/c1-13-8-9-14(2)16(10-13)11-22-18-7-5-4-6-17(18)21-19(22)15(3)20-12-23/h4-10,12,15H,11H2,1-3H3,(H,20,23)/t15-/m0/s1. The number of hydrogen-bond donors (Lipinski definition) is 1. The van der Waals surface area contributed by atoms with Crippen LogP contribution in [0.25, 0.3) is 11.0 Å². The van der Waals surface area contributed by atoms with Crippen molar-refractivity contribution in [1.29, 1.82) is 0 Å². The number of nitrogens with one attached hydrogen (secondary N) is 1. The lowest BCUT2D eigenvalue weighted by atomic mass is 10.1. The van der Waals surface area contributed by atoms with Gasteiger partial charge in [0.05, 0.1) is 17.1 Å². The lowest BCUT2D eigenvalue weighted by molar-refractivity contribution is -0.110. The summed E-state index contributed by atoms with van der Waals surface area (Å²) < 4.78 is 2.19. The van der Waals surface area contributed by atoms with E-state index in [1.54, 1.807) is 0 Å². The van der Waals surface area contributed by atoms with E-state index in [-0.39, 0.29) is 6.04 Å². The van der Waals surface area contributed by atoms with Crippen molar-refractivity contribution in [3.8, 4) is 0 Å². The summed E-state index contributed by atoms with van der Waals surface area (Å²) in [6.07, 6.45) is 0.728. The van der Waals surface area contributed by atoms with Crippen LogP contribution in [0.5, 0.6) is 0 Å². The maximum Gasteiger partial charge on any atom is 0.207 e. The maximum absolute atomic E-state index is 10.8. The van der Waals surface area contributed by atoms with Crippen LogP contribution in [0.2, 0.25) is 0 Å². The minimum Gasteiger partial charge on any atom is -0.349 e. The molecule has 0 aliphatic carbocycles. The van der Waals surface area contributed by atoms with Gasteiger partial charge in [-0.05, 0) is 44.0 Å². The molecule has 4 nitrogen and oxygen atoms in total. The van der Waals surface area contributed by atoms with Crippen LogP contribution >= 0.6 is 0 Å². The van der Waals surface area contributed by atoms with E-state index < -0.39 is 0 Å². The first-order valence-corrected chi connectivity index (χ1v) is 7.81. The maximum atomic E-state index is 10.8. The highest BCUT2D eigenvalue weighted by Gasteiger charge is 2.16. The Morgan fingerprint density at radius 2 is 2.00 bits per heavy atom. The minimum atomic E-state index is -0.134. The van der Waals surface area contributed by atoms with E-state index in [9.17, 15) is 4.79 Å². The highest BCUT2D eigenvalue weighted by Crippen LogP contribution is 2.23. The Bertz CT molecular complexity index is 851. The Kier molecular flexibility index (Phi) is 4.15. The van der Waals surface area contributed by atoms with Crippen LogP contribution in [0.4, 0.5) is 0 Å². The molecular formula is C19H21N3O. The number of imidazole rings is 1. The predicted octanol–water partition coefficient (Wildman–Crippen LogP) is 3.51. The highest BCUT2D eigenvalue weighted by atomic mass is 16.1. The smallest absolute Gasteiger partial charge is 0.207 e. The van der Waals surface area contributed by atoms with E-state index >= 15 is 0 Å². The molecule has 0 saturated heterocycles.